The van der Waals surface area contributed by atoms with E-state index < -0.39 is 0 Å². The Morgan fingerprint density at radius 1 is 1.21 bits per heavy atom. The summed E-state index contributed by atoms with van der Waals surface area (Å²) in [6, 6.07) is 0.676. The summed E-state index contributed by atoms with van der Waals surface area (Å²) in [5.41, 5.74) is 5.37. The number of hydrogen-bond donors (Lipinski definition) is 1. The van der Waals surface area contributed by atoms with Crippen molar-refractivity contribution in [3.63, 3.8) is 0 Å². The average molecular weight is 197 g/mol. The maximum atomic E-state index is 5.37. The van der Waals surface area contributed by atoms with E-state index in [1.807, 2.05) is 0 Å². The maximum absolute atomic E-state index is 5.37. The van der Waals surface area contributed by atoms with Crippen LogP contribution in [0, 0.1) is 0 Å². The summed E-state index contributed by atoms with van der Waals surface area (Å²) in [6.07, 6.45) is 1.11. The molecule has 0 atom stereocenters. The Morgan fingerprint density at radius 2 is 2.07 bits per heavy atom. The number of anilines is 2. The number of nitrogens with zero attached hydrogens (tertiary/aromatic N) is 4. The zero-order chi connectivity index (χ0) is 9.97. The van der Waals surface area contributed by atoms with Gasteiger partial charge in [-0.05, 0) is 20.0 Å². The van der Waals surface area contributed by atoms with Crippen molar-refractivity contribution >= 4 is 12.0 Å². The summed E-state index contributed by atoms with van der Waals surface area (Å²) in [7, 11) is 2.12. The van der Waals surface area contributed by atoms with Gasteiger partial charge in [-0.2, -0.15) is 0 Å². The summed E-state index contributed by atoms with van der Waals surface area (Å²) < 4.78 is 5.18. The molecule has 14 heavy (non-hydrogen) atoms. The molecule has 0 amide bonds. The van der Waals surface area contributed by atoms with Crippen molar-refractivity contribution in [3.05, 3.63) is 0 Å². The molecule has 2 heterocycles. The first-order chi connectivity index (χ1) is 6.75. The van der Waals surface area contributed by atoms with Gasteiger partial charge < -0.3 is 20.0 Å². The molecular weight excluding hydrogens is 182 g/mol. The topological polar surface area (TPSA) is 71.4 Å². The lowest BCUT2D eigenvalue weighted by Gasteiger charge is -2.16. The van der Waals surface area contributed by atoms with Crippen LogP contribution in [-0.4, -0.2) is 48.3 Å². The first-order valence-electron chi connectivity index (χ1n) is 4.78. The third-order valence-electron chi connectivity index (χ3n) is 2.42. The van der Waals surface area contributed by atoms with Crippen LogP contribution in [0.4, 0.5) is 12.0 Å². The minimum atomic E-state index is 0.137. The van der Waals surface area contributed by atoms with Gasteiger partial charge in [0.2, 0.25) is 0 Å². The van der Waals surface area contributed by atoms with Crippen molar-refractivity contribution in [1.29, 1.82) is 0 Å². The average Bonchev–Trinajstić information content (AvgIpc) is 2.46. The Balaban J connectivity index is 2.04. The third-order valence-corrected chi connectivity index (χ3v) is 2.42. The fourth-order valence-corrected chi connectivity index (χ4v) is 1.59. The van der Waals surface area contributed by atoms with Crippen LogP contribution in [0.1, 0.15) is 6.42 Å². The Morgan fingerprint density at radius 3 is 2.79 bits per heavy atom. The van der Waals surface area contributed by atoms with Crippen LogP contribution in [0.5, 0.6) is 0 Å². The van der Waals surface area contributed by atoms with Gasteiger partial charge in [0.15, 0.2) is 0 Å². The van der Waals surface area contributed by atoms with E-state index in [2.05, 4.69) is 27.0 Å². The quantitative estimate of drug-likeness (QED) is 0.672. The van der Waals surface area contributed by atoms with Gasteiger partial charge in [0.1, 0.15) is 0 Å². The van der Waals surface area contributed by atoms with Crippen molar-refractivity contribution in [3.8, 4) is 0 Å². The number of nitrogens with two attached hydrogens (primary N) is 1. The normalized spacial score (nSPS) is 19.6. The number of nitrogen functional groups attached to an aromatic ring is 1. The smallest absolute Gasteiger partial charge is 0.319 e. The van der Waals surface area contributed by atoms with Gasteiger partial charge in [0.05, 0.1) is 0 Å². The highest BCUT2D eigenvalue weighted by molar-refractivity contribution is 5.27. The molecule has 1 saturated heterocycles. The van der Waals surface area contributed by atoms with E-state index in [1.165, 1.54) is 0 Å². The van der Waals surface area contributed by atoms with Crippen molar-refractivity contribution in [1.82, 2.24) is 15.1 Å². The van der Waals surface area contributed by atoms with Crippen molar-refractivity contribution in [2.45, 2.75) is 6.42 Å². The molecule has 0 aliphatic carbocycles. The van der Waals surface area contributed by atoms with Crippen LogP contribution < -0.4 is 10.6 Å². The summed E-state index contributed by atoms with van der Waals surface area (Å²) >= 11 is 0. The minimum Gasteiger partial charge on any atom is -0.390 e. The van der Waals surface area contributed by atoms with E-state index >= 15 is 0 Å². The lowest BCUT2D eigenvalue weighted by molar-refractivity contribution is 0.359. The summed E-state index contributed by atoms with van der Waals surface area (Å²) in [4.78, 5) is 4.37. The molecule has 1 aliphatic rings. The van der Waals surface area contributed by atoms with Crippen LogP contribution >= 0.6 is 0 Å². The molecule has 0 aromatic carbocycles. The van der Waals surface area contributed by atoms with E-state index in [0.29, 0.717) is 6.01 Å². The molecule has 6 nitrogen and oxygen atoms in total. The SMILES string of the molecule is CN1CCCN(c2nnc(N)o2)CC1. The van der Waals surface area contributed by atoms with Gasteiger partial charge in [-0.15, -0.1) is 0 Å². The third kappa shape index (κ3) is 1.95. The van der Waals surface area contributed by atoms with E-state index in [-0.39, 0.29) is 6.01 Å². The van der Waals surface area contributed by atoms with Gasteiger partial charge in [0, 0.05) is 19.6 Å². The van der Waals surface area contributed by atoms with Gasteiger partial charge >= 0.3 is 12.0 Å². The van der Waals surface area contributed by atoms with Crippen molar-refractivity contribution in [2.75, 3.05) is 43.9 Å². The largest absolute Gasteiger partial charge is 0.390 e. The van der Waals surface area contributed by atoms with Crippen molar-refractivity contribution in [2.24, 2.45) is 0 Å². The molecule has 1 aliphatic heterocycles. The lowest BCUT2D eigenvalue weighted by Crippen LogP contribution is -2.28. The van der Waals surface area contributed by atoms with Crippen LogP contribution in [0.15, 0.2) is 4.42 Å². The zero-order valence-electron chi connectivity index (χ0n) is 8.31. The molecule has 1 aromatic rings. The summed E-state index contributed by atoms with van der Waals surface area (Å²) in [6.45, 7) is 3.99. The molecule has 2 rings (SSSR count). The Labute approximate surface area is 82.7 Å². The standard InChI is InChI=1S/C8H15N5O/c1-12-3-2-4-13(6-5-12)8-11-10-7(9)14-8/h2-6H2,1H3,(H2,9,10). The fourth-order valence-electron chi connectivity index (χ4n) is 1.59. The summed E-state index contributed by atoms with van der Waals surface area (Å²) in [5.74, 6) is 0. The van der Waals surface area contributed by atoms with Gasteiger partial charge in [-0.25, -0.2) is 0 Å². The van der Waals surface area contributed by atoms with Crippen molar-refractivity contribution < 1.29 is 4.42 Å². The number of rotatable bonds is 1. The first-order valence-corrected chi connectivity index (χ1v) is 4.78. The number of likely N-dealkylation sites (N-methyl/N-ethyl adjacent to an activating group) is 1. The van der Waals surface area contributed by atoms with E-state index in [9.17, 15) is 0 Å². The zero-order valence-corrected chi connectivity index (χ0v) is 8.31. The Bertz CT molecular complexity index is 300. The molecule has 6 heteroatoms. The first kappa shape index (κ1) is 9.26. The molecule has 0 spiro atoms. The highest BCUT2D eigenvalue weighted by atomic mass is 16.4. The van der Waals surface area contributed by atoms with Crippen LogP contribution in [0.3, 0.4) is 0 Å². The van der Waals surface area contributed by atoms with Crippen LogP contribution in [-0.2, 0) is 0 Å². The van der Waals surface area contributed by atoms with Gasteiger partial charge in [0.25, 0.3) is 0 Å². The second kappa shape index (κ2) is 3.83. The van der Waals surface area contributed by atoms with Crippen LogP contribution in [0.25, 0.3) is 0 Å². The van der Waals surface area contributed by atoms with E-state index in [1.54, 1.807) is 0 Å². The lowest BCUT2D eigenvalue weighted by atomic mass is 10.4. The number of aromatic nitrogens is 2. The molecular formula is C8H15N5O. The van der Waals surface area contributed by atoms with E-state index in [0.717, 1.165) is 32.6 Å². The highest BCUT2D eigenvalue weighted by Crippen LogP contribution is 2.14. The Hall–Kier alpha value is -1.30. The Kier molecular flexibility index (Phi) is 2.53. The second-order valence-electron chi connectivity index (χ2n) is 3.57. The monoisotopic (exact) mass is 197 g/mol. The maximum Gasteiger partial charge on any atom is 0.319 e. The molecule has 0 bridgehead atoms. The summed E-state index contributed by atoms with van der Waals surface area (Å²) in [5, 5.41) is 7.52. The minimum absolute atomic E-state index is 0.137. The number of hydrogen-bond acceptors (Lipinski definition) is 6. The van der Waals surface area contributed by atoms with Gasteiger partial charge in [-0.3, -0.25) is 0 Å². The highest BCUT2D eigenvalue weighted by Gasteiger charge is 2.16. The molecule has 78 valence electrons. The fraction of sp³-hybridized carbons (Fsp3) is 0.750. The van der Waals surface area contributed by atoms with E-state index in [4.69, 9.17) is 10.2 Å². The predicted molar refractivity (Wildman–Crippen MR) is 53.0 cm³/mol. The molecule has 1 aromatic heterocycles. The molecule has 2 N–H and O–H groups in total. The van der Waals surface area contributed by atoms with Crippen LogP contribution in [0.2, 0.25) is 0 Å². The predicted octanol–water partition coefficient (Wildman–Crippen LogP) is -0.206. The molecule has 1 fully saturated rings. The molecule has 0 radical (unpaired) electrons. The molecule has 0 saturated carbocycles. The second-order valence-corrected chi connectivity index (χ2v) is 3.57. The molecule has 0 unspecified atom stereocenters. The van der Waals surface area contributed by atoms with Gasteiger partial charge in [-0.1, -0.05) is 10.2 Å².